The third-order valence-electron chi connectivity index (χ3n) is 6.82. The summed E-state index contributed by atoms with van der Waals surface area (Å²) in [7, 11) is 0. The Labute approximate surface area is 221 Å². The summed E-state index contributed by atoms with van der Waals surface area (Å²) in [6, 6.07) is 21.3. The fraction of sp³-hybridized carbons (Fsp3) is 0.267. The van der Waals surface area contributed by atoms with Crippen molar-refractivity contribution in [1.82, 2.24) is 15.1 Å². The highest BCUT2D eigenvalue weighted by atomic mass is 16.4. The molecule has 196 valence electrons. The second kappa shape index (κ2) is 12.2. The van der Waals surface area contributed by atoms with Crippen molar-refractivity contribution in [2.45, 2.75) is 25.8 Å². The first-order valence-electron chi connectivity index (χ1n) is 12.7. The molecule has 0 spiro atoms. The number of carboxylic acid groups (broad SMARTS) is 1. The van der Waals surface area contributed by atoms with E-state index >= 15 is 0 Å². The number of aryl methyl sites for hydroxylation is 1. The number of aliphatic carboxylic acids is 1. The maximum atomic E-state index is 13.2. The fourth-order valence-electron chi connectivity index (χ4n) is 4.76. The van der Waals surface area contributed by atoms with Crippen LogP contribution in [-0.2, 0) is 20.8 Å². The van der Waals surface area contributed by atoms with Crippen LogP contribution in [0.3, 0.4) is 0 Å². The zero-order valence-electron chi connectivity index (χ0n) is 21.3. The lowest BCUT2D eigenvalue weighted by Gasteiger charge is -2.34. The van der Waals surface area contributed by atoms with Crippen molar-refractivity contribution in [3.8, 4) is 0 Å². The van der Waals surface area contributed by atoms with Crippen molar-refractivity contribution in [3.63, 3.8) is 0 Å². The minimum atomic E-state index is -1.18. The monoisotopic (exact) mass is 513 g/mol. The summed E-state index contributed by atoms with van der Waals surface area (Å²) in [6.45, 7) is 3.43. The highest BCUT2D eigenvalue weighted by molar-refractivity contribution is 5.97. The van der Waals surface area contributed by atoms with Gasteiger partial charge in [0.25, 0.3) is 5.91 Å². The highest BCUT2D eigenvalue weighted by Crippen LogP contribution is 2.24. The number of carbonyl (C=O) groups is 4. The maximum absolute atomic E-state index is 13.2. The smallest absolute Gasteiger partial charge is 0.328 e. The zero-order valence-corrected chi connectivity index (χ0v) is 21.3. The van der Waals surface area contributed by atoms with Crippen molar-refractivity contribution >= 4 is 34.5 Å². The molecule has 1 aliphatic rings. The van der Waals surface area contributed by atoms with Crippen molar-refractivity contribution in [1.29, 1.82) is 0 Å². The zero-order chi connectivity index (χ0) is 27.1. The van der Waals surface area contributed by atoms with Crippen LogP contribution in [0, 0.1) is 0 Å². The first-order valence-corrected chi connectivity index (χ1v) is 12.7. The standard InChI is InChI=1S/C30H31N3O5/c1-21(24-12-6-9-22-7-2-4-10-25(22)24)31-30(38)26-11-5-3-8-23(26)13-14-27(34)32-17-19-33(20-18-32)28(35)15-16-29(36)37/h2-12,15-16,21H,13-14,17-20H2,1H3,(H,31,38)(H,36,37)/b16-15+. The Morgan fingerprint density at radius 2 is 1.53 bits per heavy atom. The van der Waals surface area contributed by atoms with Crippen LogP contribution < -0.4 is 5.32 Å². The van der Waals surface area contributed by atoms with Crippen molar-refractivity contribution in [2.24, 2.45) is 0 Å². The molecule has 38 heavy (non-hydrogen) atoms. The number of piperazine rings is 1. The molecule has 0 aromatic heterocycles. The Kier molecular flexibility index (Phi) is 8.53. The number of benzene rings is 3. The van der Waals surface area contributed by atoms with Crippen LogP contribution in [0.25, 0.3) is 10.8 Å². The predicted molar refractivity (Wildman–Crippen MR) is 145 cm³/mol. The Balaban J connectivity index is 1.34. The van der Waals surface area contributed by atoms with Gasteiger partial charge in [-0.25, -0.2) is 4.79 Å². The lowest BCUT2D eigenvalue weighted by atomic mass is 9.98. The molecule has 1 saturated heterocycles. The van der Waals surface area contributed by atoms with Gasteiger partial charge in [-0.2, -0.15) is 0 Å². The average Bonchev–Trinajstić information content (AvgIpc) is 2.94. The average molecular weight is 514 g/mol. The molecule has 0 saturated carbocycles. The van der Waals surface area contributed by atoms with Crippen LogP contribution in [-0.4, -0.2) is 64.8 Å². The van der Waals surface area contributed by atoms with Gasteiger partial charge in [-0.1, -0.05) is 60.7 Å². The van der Waals surface area contributed by atoms with E-state index in [0.29, 0.717) is 38.2 Å². The summed E-state index contributed by atoms with van der Waals surface area (Å²) < 4.78 is 0. The molecule has 1 fully saturated rings. The van der Waals surface area contributed by atoms with Crippen LogP contribution in [0.4, 0.5) is 0 Å². The Bertz CT molecular complexity index is 1370. The van der Waals surface area contributed by atoms with E-state index in [9.17, 15) is 19.2 Å². The van der Waals surface area contributed by atoms with Crippen molar-refractivity contribution in [3.05, 3.63) is 95.6 Å². The molecule has 1 unspecified atom stereocenters. The topological polar surface area (TPSA) is 107 Å². The predicted octanol–water partition coefficient (Wildman–Crippen LogP) is 3.58. The number of hydrogen-bond acceptors (Lipinski definition) is 4. The van der Waals surface area contributed by atoms with Crippen LogP contribution >= 0.6 is 0 Å². The van der Waals surface area contributed by atoms with Crippen LogP contribution in [0.2, 0.25) is 0 Å². The Morgan fingerprint density at radius 3 is 2.29 bits per heavy atom. The number of nitrogens with zero attached hydrogens (tertiary/aromatic N) is 2. The first kappa shape index (κ1) is 26.6. The van der Waals surface area contributed by atoms with E-state index in [-0.39, 0.29) is 30.2 Å². The number of fused-ring (bicyclic) bond motifs is 1. The van der Waals surface area contributed by atoms with Gasteiger partial charge in [0, 0.05) is 50.3 Å². The maximum Gasteiger partial charge on any atom is 0.328 e. The lowest BCUT2D eigenvalue weighted by molar-refractivity contribution is -0.137. The van der Waals surface area contributed by atoms with Gasteiger partial charge >= 0.3 is 5.97 Å². The molecular weight excluding hydrogens is 482 g/mol. The summed E-state index contributed by atoms with van der Waals surface area (Å²) in [4.78, 5) is 52.0. The molecule has 1 heterocycles. The quantitative estimate of drug-likeness (QED) is 0.448. The lowest BCUT2D eigenvalue weighted by Crippen LogP contribution is -2.50. The Morgan fingerprint density at radius 1 is 0.868 bits per heavy atom. The molecule has 2 N–H and O–H groups in total. The van der Waals surface area contributed by atoms with E-state index in [4.69, 9.17) is 5.11 Å². The van der Waals surface area contributed by atoms with E-state index in [1.807, 2.05) is 61.5 Å². The number of amides is 3. The molecule has 1 aliphatic heterocycles. The summed E-state index contributed by atoms with van der Waals surface area (Å²) in [5.74, 6) is -1.78. The van der Waals surface area contributed by atoms with Gasteiger partial charge in [-0.15, -0.1) is 0 Å². The van der Waals surface area contributed by atoms with Crippen LogP contribution in [0.15, 0.2) is 78.9 Å². The van der Waals surface area contributed by atoms with Gasteiger partial charge in [-0.3, -0.25) is 14.4 Å². The summed E-state index contributed by atoms with van der Waals surface area (Å²) in [5.41, 5.74) is 2.39. The molecule has 0 aliphatic carbocycles. The van der Waals surface area contributed by atoms with E-state index < -0.39 is 5.97 Å². The molecule has 0 bridgehead atoms. The van der Waals surface area contributed by atoms with Gasteiger partial charge in [-0.05, 0) is 41.3 Å². The third kappa shape index (κ3) is 6.45. The molecule has 3 aromatic rings. The number of rotatable bonds is 8. The third-order valence-corrected chi connectivity index (χ3v) is 6.82. The normalized spacial score (nSPS) is 14.4. The van der Waals surface area contributed by atoms with Crippen molar-refractivity contribution < 1.29 is 24.3 Å². The fourth-order valence-corrected chi connectivity index (χ4v) is 4.76. The van der Waals surface area contributed by atoms with Gasteiger partial charge < -0.3 is 20.2 Å². The molecule has 0 radical (unpaired) electrons. The second-order valence-electron chi connectivity index (χ2n) is 9.30. The SMILES string of the molecule is CC(NC(=O)c1ccccc1CCC(=O)N1CCN(C(=O)/C=C/C(=O)O)CC1)c1cccc2ccccc12. The van der Waals surface area contributed by atoms with Gasteiger partial charge in [0.1, 0.15) is 0 Å². The second-order valence-corrected chi connectivity index (χ2v) is 9.30. The molecule has 3 amide bonds. The molecular formula is C30H31N3O5. The molecule has 8 heteroatoms. The molecule has 3 aromatic carbocycles. The minimum absolute atomic E-state index is 0.0440. The van der Waals surface area contributed by atoms with E-state index in [1.54, 1.807) is 11.0 Å². The number of nitrogens with one attached hydrogen (secondary N) is 1. The largest absolute Gasteiger partial charge is 0.478 e. The summed E-state index contributed by atoms with van der Waals surface area (Å²) >= 11 is 0. The number of hydrogen-bond donors (Lipinski definition) is 2. The van der Waals surface area contributed by atoms with E-state index in [2.05, 4.69) is 11.4 Å². The Hall–Kier alpha value is -4.46. The van der Waals surface area contributed by atoms with Gasteiger partial charge in [0.15, 0.2) is 0 Å². The van der Waals surface area contributed by atoms with Gasteiger partial charge in [0.05, 0.1) is 6.04 Å². The van der Waals surface area contributed by atoms with Crippen LogP contribution in [0.1, 0.15) is 40.9 Å². The summed E-state index contributed by atoms with van der Waals surface area (Å²) in [6.07, 6.45) is 2.51. The number of carboxylic acids is 1. The number of carbonyl (C=O) groups excluding carboxylic acids is 3. The molecule has 1 atom stereocenters. The van der Waals surface area contributed by atoms with E-state index in [1.165, 1.54) is 4.90 Å². The molecule has 4 rings (SSSR count). The van der Waals surface area contributed by atoms with Crippen LogP contribution in [0.5, 0.6) is 0 Å². The highest BCUT2D eigenvalue weighted by Gasteiger charge is 2.24. The minimum Gasteiger partial charge on any atom is -0.478 e. The molecule has 8 nitrogen and oxygen atoms in total. The first-order chi connectivity index (χ1) is 18.3. The van der Waals surface area contributed by atoms with E-state index in [0.717, 1.165) is 34.1 Å². The van der Waals surface area contributed by atoms with Gasteiger partial charge in [0.2, 0.25) is 11.8 Å². The van der Waals surface area contributed by atoms with Crippen molar-refractivity contribution in [2.75, 3.05) is 26.2 Å². The summed E-state index contributed by atoms with van der Waals surface area (Å²) in [5, 5.41) is 14.0.